The summed E-state index contributed by atoms with van der Waals surface area (Å²) in [5.74, 6) is -1.83. The van der Waals surface area contributed by atoms with E-state index >= 15 is 0 Å². The number of nitriles is 1. The van der Waals surface area contributed by atoms with Crippen molar-refractivity contribution in [1.29, 1.82) is 5.26 Å². The number of rotatable bonds is 3. The summed E-state index contributed by atoms with van der Waals surface area (Å²) in [4.78, 5) is 11.8. The van der Waals surface area contributed by atoms with Crippen molar-refractivity contribution >= 4 is 23.2 Å². The summed E-state index contributed by atoms with van der Waals surface area (Å²) in [5.41, 5.74) is 0.587. The number of amides is 1. The Labute approximate surface area is 111 Å². The Morgan fingerprint density at radius 3 is 2.61 bits per heavy atom. The monoisotopic (exact) mass is 268 g/mol. The van der Waals surface area contributed by atoms with Crippen molar-refractivity contribution in [2.24, 2.45) is 11.8 Å². The minimum absolute atomic E-state index is 0.121. The van der Waals surface area contributed by atoms with Gasteiger partial charge in [0.25, 0.3) is 0 Å². The predicted molar refractivity (Wildman–Crippen MR) is 68.7 cm³/mol. The van der Waals surface area contributed by atoms with Gasteiger partial charge in [-0.15, -0.1) is 0 Å². The summed E-state index contributed by atoms with van der Waals surface area (Å²) < 4.78 is 13.4. The molecule has 1 aromatic carbocycles. The zero-order valence-electron chi connectivity index (χ0n) is 10.4. The number of aryl methyl sites for hydroxylation is 1. The van der Waals surface area contributed by atoms with Crippen LogP contribution >= 0.6 is 11.6 Å². The third kappa shape index (κ3) is 3.21. The molecule has 0 bridgehead atoms. The lowest BCUT2D eigenvalue weighted by atomic mass is 9.96. The Kier molecular flexibility index (Phi) is 4.69. The van der Waals surface area contributed by atoms with Crippen molar-refractivity contribution in [3.63, 3.8) is 0 Å². The van der Waals surface area contributed by atoms with E-state index in [4.69, 9.17) is 16.9 Å². The first kappa shape index (κ1) is 14.5. The molecule has 1 atom stereocenters. The third-order valence-corrected chi connectivity index (χ3v) is 2.91. The molecule has 0 aliphatic carbocycles. The maximum Gasteiger partial charge on any atom is 0.242 e. The van der Waals surface area contributed by atoms with Crippen molar-refractivity contribution in [1.82, 2.24) is 0 Å². The molecule has 0 aliphatic heterocycles. The standard InChI is InChI=1S/C13H14ClFN2O/c1-7(2)9(6-16)13(18)17-12-5-11(15)8(3)4-10(12)14/h4-5,7,9H,1-3H3,(H,17,18). The van der Waals surface area contributed by atoms with E-state index in [0.717, 1.165) is 6.07 Å². The minimum Gasteiger partial charge on any atom is -0.324 e. The summed E-state index contributed by atoms with van der Waals surface area (Å²) in [6, 6.07) is 4.51. The number of benzene rings is 1. The number of carbonyl (C=O) groups excluding carboxylic acids is 1. The molecule has 1 rings (SSSR count). The second kappa shape index (κ2) is 5.83. The van der Waals surface area contributed by atoms with Gasteiger partial charge in [-0.3, -0.25) is 4.79 Å². The molecule has 3 nitrogen and oxygen atoms in total. The van der Waals surface area contributed by atoms with Crippen molar-refractivity contribution in [3.05, 3.63) is 28.5 Å². The van der Waals surface area contributed by atoms with Crippen molar-refractivity contribution in [2.75, 3.05) is 5.32 Å². The van der Waals surface area contributed by atoms with Gasteiger partial charge in [-0.25, -0.2) is 4.39 Å². The van der Waals surface area contributed by atoms with E-state index in [9.17, 15) is 9.18 Å². The highest BCUT2D eigenvalue weighted by Crippen LogP contribution is 2.26. The number of nitrogens with zero attached hydrogens (tertiary/aromatic N) is 1. The summed E-state index contributed by atoms with van der Waals surface area (Å²) in [5, 5.41) is 11.6. The molecule has 0 aliphatic rings. The van der Waals surface area contributed by atoms with Crippen LogP contribution in [-0.2, 0) is 4.79 Å². The lowest BCUT2D eigenvalue weighted by Crippen LogP contribution is -2.25. The molecule has 96 valence electrons. The molecule has 0 fully saturated rings. The maximum absolute atomic E-state index is 13.4. The number of hydrogen-bond donors (Lipinski definition) is 1. The summed E-state index contributed by atoms with van der Waals surface area (Å²) >= 11 is 5.91. The number of halogens is 2. The normalized spacial score (nSPS) is 12.1. The Bertz CT molecular complexity index is 508. The average molecular weight is 269 g/mol. The van der Waals surface area contributed by atoms with Gasteiger partial charge in [0.1, 0.15) is 11.7 Å². The fourth-order valence-electron chi connectivity index (χ4n) is 1.46. The molecule has 0 saturated carbocycles. The molecule has 1 amide bonds. The molecule has 0 saturated heterocycles. The van der Waals surface area contributed by atoms with E-state index in [1.165, 1.54) is 6.07 Å². The molecule has 18 heavy (non-hydrogen) atoms. The smallest absolute Gasteiger partial charge is 0.242 e. The average Bonchev–Trinajstić information content (AvgIpc) is 2.26. The minimum atomic E-state index is -0.787. The Morgan fingerprint density at radius 2 is 2.11 bits per heavy atom. The van der Waals surface area contributed by atoms with Gasteiger partial charge in [0.05, 0.1) is 16.8 Å². The number of carbonyl (C=O) groups is 1. The van der Waals surface area contributed by atoms with Crippen LogP contribution in [0.5, 0.6) is 0 Å². The first-order chi connectivity index (χ1) is 8.36. The van der Waals surface area contributed by atoms with Gasteiger partial charge in [0.2, 0.25) is 5.91 Å². The van der Waals surface area contributed by atoms with Gasteiger partial charge in [-0.05, 0) is 30.5 Å². The molecule has 5 heteroatoms. The number of hydrogen-bond acceptors (Lipinski definition) is 2. The maximum atomic E-state index is 13.4. The van der Waals surface area contributed by atoms with E-state index in [1.54, 1.807) is 20.8 Å². The van der Waals surface area contributed by atoms with Crippen molar-refractivity contribution < 1.29 is 9.18 Å². The Balaban J connectivity index is 2.95. The highest BCUT2D eigenvalue weighted by atomic mass is 35.5. The van der Waals surface area contributed by atoms with Crippen LogP contribution < -0.4 is 5.32 Å². The van der Waals surface area contributed by atoms with Crippen LogP contribution in [0.15, 0.2) is 12.1 Å². The highest BCUT2D eigenvalue weighted by Gasteiger charge is 2.22. The van der Waals surface area contributed by atoms with E-state index in [-0.39, 0.29) is 16.6 Å². The summed E-state index contributed by atoms with van der Waals surface area (Å²) in [7, 11) is 0. The predicted octanol–water partition coefficient (Wildman–Crippen LogP) is 3.52. The summed E-state index contributed by atoms with van der Waals surface area (Å²) in [6.07, 6.45) is 0. The quantitative estimate of drug-likeness (QED) is 0.912. The lowest BCUT2D eigenvalue weighted by molar-refractivity contribution is -0.119. The zero-order chi connectivity index (χ0) is 13.9. The van der Waals surface area contributed by atoms with E-state index in [2.05, 4.69) is 5.32 Å². The van der Waals surface area contributed by atoms with Crippen molar-refractivity contribution in [3.8, 4) is 6.07 Å². The van der Waals surface area contributed by atoms with Crippen LogP contribution in [0.1, 0.15) is 19.4 Å². The van der Waals surface area contributed by atoms with E-state index in [0.29, 0.717) is 5.56 Å². The molecular formula is C13H14ClFN2O. The molecule has 0 aromatic heterocycles. The number of nitrogens with one attached hydrogen (secondary N) is 1. The molecule has 1 unspecified atom stereocenters. The molecule has 0 radical (unpaired) electrons. The van der Waals surface area contributed by atoms with Gasteiger partial charge >= 0.3 is 0 Å². The highest BCUT2D eigenvalue weighted by molar-refractivity contribution is 6.33. The van der Waals surface area contributed by atoms with Gasteiger partial charge in [-0.1, -0.05) is 25.4 Å². The molecular weight excluding hydrogens is 255 g/mol. The third-order valence-electron chi connectivity index (χ3n) is 2.59. The van der Waals surface area contributed by atoms with Gasteiger partial charge in [-0.2, -0.15) is 5.26 Å². The zero-order valence-corrected chi connectivity index (χ0v) is 11.2. The largest absolute Gasteiger partial charge is 0.324 e. The van der Waals surface area contributed by atoms with Crippen LogP contribution in [0.25, 0.3) is 0 Å². The van der Waals surface area contributed by atoms with Crippen LogP contribution in [0, 0.1) is 35.9 Å². The first-order valence-electron chi connectivity index (χ1n) is 5.53. The first-order valence-corrected chi connectivity index (χ1v) is 5.90. The van der Waals surface area contributed by atoms with E-state index in [1.807, 2.05) is 6.07 Å². The van der Waals surface area contributed by atoms with Crippen LogP contribution in [0.3, 0.4) is 0 Å². The van der Waals surface area contributed by atoms with Crippen LogP contribution in [0.2, 0.25) is 5.02 Å². The fraction of sp³-hybridized carbons (Fsp3) is 0.385. The van der Waals surface area contributed by atoms with Gasteiger partial charge in [0.15, 0.2) is 0 Å². The van der Waals surface area contributed by atoms with Crippen LogP contribution in [0.4, 0.5) is 10.1 Å². The van der Waals surface area contributed by atoms with E-state index < -0.39 is 17.6 Å². The Morgan fingerprint density at radius 1 is 1.50 bits per heavy atom. The fourth-order valence-corrected chi connectivity index (χ4v) is 1.73. The number of anilines is 1. The SMILES string of the molecule is Cc1cc(Cl)c(NC(=O)C(C#N)C(C)C)cc1F. The Hall–Kier alpha value is -1.60. The van der Waals surface area contributed by atoms with Crippen molar-refractivity contribution in [2.45, 2.75) is 20.8 Å². The molecule has 0 heterocycles. The second-order valence-corrected chi connectivity index (χ2v) is 4.83. The van der Waals surface area contributed by atoms with Gasteiger partial charge in [0, 0.05) is 0 Å². The molecule has 0 spiro atoms. The van der Waals surface area contributed by atoms with Crippen LogP contribution in [-0.4, -0.2) is 5.91 Å². The molecule has 1 N–H and O–H groups in total. The summed E-state index contributed by atoms with van der Waals surface area (Å²) in [6.45, 7) is 5.12. The topological polar surface area (TPSA) is 52.9 Å². The lowest BCUT2D eigenvalue weighted by Gasteiger charge is -2.14. The molecule has 1 aromatic rings. The second-order valence-electron chi connectivity index (χ2n) is 4.42. The van der Waals surface area contributed by atoms with Gasteiger partial charge < -0.3 is 5.32 Å².